The summed E-state index contributed by atoms with van der Waals surface area (Å²) in [5, 5.41) is 6.83. The summed E-state index contributed by atoms with van der Waals surface area (Å²) < 4.78 is 2.28. The molecule has 2 N–H and O–H groups in total. The number of rotatable bonds is 6. The lowest BCUT2D eigenvalue weighted by Crippen LogP contribution is -2.43. The molecule has 8 heteroatoms. The fraction of sp³-hybridized carbons (Fsp3) is 0.382. The monoisotopic (exact) mass is 561 g/mol. The van der Waals surface area contributed by atoms with E-state index < -0.39 is 0 Å². The fourth-order valence-corrected chi connectivity index (χ4v) is 6.75. The Balaban J connectivity index is 1.03. The number of hydrogen-bond acceptors (Lipinski definition) is 6. The summed E-state index contributed by atoms with van der Waals surface area (Å²) in [5.74, 6) is 0.901. The molecule has 2 aromatic heterocycles. The van der Waals surface area contributed by atoms with Crippen molar-refractivity contribution in [3.63, 3.8) is 0 Å². The molecule has 216 valence electrons. The van der Waals surface area contributed by atoms with Gasteiger partial charge in [-0.2, -0.15) is 0 Å². The summed E-state index contributed by atoms with van der Waals surface area (Å²) in [6.07, 6.45) is 3.72. The second kappa shape index (κ2) is 10.6. The first-order chi connectivity index (χ1) is 20.3. The standard InChI is InChI=1S/C34H39N7O/c1-23-16-24(29-18-32(37-22-36-29)38-27-6-8-28(9-7-27)39-12-10-35-11-13-39)4-5-25(23)21-40-14-15-41-30(33(40)42)17-26-19-34(2,3)20-31(26)41/h4-9,16-18,22,35H,10-15,19-21H2,1-3H3,(H,36,37,38). The predicted molar refractivity (Wildman–Crippen MR) is 167 cm³/mol. The minimum Gasteiger partial charge on any atom is -0.369 e. The van der Waals surface area contributed by atoms with E-state index in [1.54, 1.807) is 6.33 Å². The summed E-state index contributed by atoms with van der Waals surface area (Å²) in [5.41, 5.74) is 10.3. The van der Waals surface area contributed by atoms with Crippen LogP contribution in [0.3, 0.4) is 0 Å². The number of carbonyl (C=O) groups excluding carboxylic acids is 1. The van der Waals surface area contributed by atoms with Crippen molar-refractivity contribution in [3.05, 3.63) is 89.0 Å². The van der Waals surface area contributed by atoms with Crippen LogP contribution in [0.4, 0.5) is 17.2 Å². The number of fused-ring (bicyclic) bond motifs is 3. The third kappa shape index (κ3) is 5.15. The second-order valence-electron chi connectivity index (χ2n) is 12.7. The summed E-state index contributed by atoms with van der Waals surface area (Å²) in [7, 11) is 0. The lowest BCUT2D eigenvalue weighted by molar-refractivity contribution is 0.0688. The molecule has 7 rings (SSSR count). The highest BCUT2D eigenvalue weighted by atomic mass is 16.2. The molecule has 0 radical (unpaired) electrons. The first kappa shape index (κ1) is 26.7. The van der Waals surface area contributed by atoms with Gasteiger partial charge >= 0.3 is 0 Å². The molecular weight excluding hydrogens is 522 g/mol. The van der Waals surface area contributed by atoms with E-state index in [4.69, 9.17) is 0 Å². The molecule has 0 atom stereocenters. The topological polar surface area (TPSA) is 78.3 Å². The lowest BCUT2D eigenvalue weighted by atomic mass is 9.90. The summed E-state index contributed by atoms with van der Waals surface area (Å²) in [4.78, 5) is 26.9. The normalized spacial score (nSPS) is 17.7. The first-order valence-electron chi connectivity index (χ1n) is 15.1. The van der Waals surface area contributed by atoms with Crippen molar-refractivity contribution in [1.82, 2.24) is 24.8 Å². The van der Waals surface area contributed by atoms with Gasteiger partial charge in [0.05, 0.1) is 5.69 Å². The largest absolute Gasteiger partial charge is 0.369 e. The zero-order valence-electron chi connectivity index (χ0n) is 24.8. The van der Waals surface area contributed by atoms with Crippen molar-refractivity contribution in [1.29, 1.82) is 0 Å². The van der Waals surface area contributed by atoms with E-state index in [2.05, 4.69) is 99.4 Å². The SMILES string of the molecule is Cc1cc(-c2cc(Nc3ccc(N4CCNCC4)cc3)ncn2)ccc1CN1CCn2c(cc3c2CC(C)(C)C3)C1=O. The third-order valence-electron chi connectivity index (χ3n) is 9.00. The van der Waals surface area contributed by atoms with Gasteiger partial charge in [-0.15, -0.1) is 0 Å². The van der Waals surface area contributed by atoms with Gasteiger partial charge in [0.15, 0.2) is 0 Å². The van der Waals surface area contributed by atoms with Crippen molar-refractivity contribution in [2.45, 2.75) is 46.7 Å². The molecule has 0 saturated carbocycles. The van der Waals surface area contributed by atoms with E-state index >= 15 is 0 Å². The van der Waals surface area contributed by atoms with Gasteiger partial charge in [-0.3, -0.25) is 4.79 Å². The molecule has 4 heterocycles. The van der Waals surface area contributed by atoms with Crippen molar-refractivity contribution in [2.75, 3.05) is 42.9 Å². The van der Waals surface area contributed by atoms with Crippen molar-refractivity contribution < 1.29 is 4.79 Å². The predicted octanol–water partition coefficient (Wildman–Crippen LogP) is 5.19. The van der Waals surface area contributed by atoms with E-state index in [-0.39, 0.29) is 5.91 Å². The molecule has 0 spiro atoms. The molecule has 2 aliphatic heterocycles. The minimum absolute atomic E-state index is 0.143. The molecule has 1 aliphatic carbocycles. The summed E-state index contributed by atoms with van der Waals surface area (Å²) in [6, 6.07) is 19.1. The Kier molecular flexibility index (Phi) is 6.73. The lowest BCUT2D eigenvalue weighted by Gasteiger charge is -2.30. The summed E-state index contributed by atoms with van der Waals surface area (Å²) >= 11 is 0. The van der Waals surface area contributed by atoms with E-state index in [0.717, 1.165) is 91.7 Å². The molecule has 42 heavy (non-hydrogen) atoms. The van der Waals surface area contributed by atoms with Crippen LogP contribution in [-0.4, -0.2) is 58.1 Å². The molecule has 8 nitrogen and oxygen atoms in total. The molecule has 4 aromatic rings. The van der Waals surface area contributed by atoms with Gasteiger partial charge in [0, 0.05) is 74.5 Å². The quantitative estimate of drug-likeness (QED) is 0.338. The van der Waals surface area contributed by atoms with Crippen LogP contribution in [-0.2, 0) is 25.9 Å². The highest BCUT2D eigenvalue weighted by Gasteiger charge is 2.36. The number of aromatic nitrogens is 3. The van der Waals surface area contributed by atoms with E-state index in [1.165, 1.54) is 16.9 Å². The van der Waals surface area contributed by atoms with Gasteiger partial charge in [-0.1, -0.05) is 26.0 Å². The van der Waals surface area contributed by atoms with E-state index in [9.17, 15) is 4.79 Å². The van der Waals surface area contributed by atoms with Crippen LogP contribution >= 0.6 is 0 Å². The van der Waals surface area contributed by atoms with Crippen molar-refractivity contribution >= 4 is 23.1 Å². The van der Waals surface area contributed by atoms with Crippen LogP contribution in [0, 0.1) is 12.3 Å². The Bertz CT molecular complexity index is 1630. The average Bonchev–Trinajstić information content (AvgIpc) is 3.48. The van der Waals surface area contributed by atoms with Gasteiger partial charge in [0.25, 0.3) is 5.91 Å². The zero-order valence-corrected chi connectivity index (χ0v) is 24.8. The van der Waals surface area contributed by atoms with Gasteiger partial charge < -0.3 is 25.0 Å². The smallest absolute Gasteiger partial charge is 0.270 e. The van der Waals surface area contributed by atoms with Gasteiger partial charge in [0.1, 0.15) is 17.8 Å². The number of piperazine rings is 1. The third-order valence-corrected chi connectivity index (χ3v) is 9.00. The molecule has 1 fully saturated rings. The van der Waals surface area contributed by atoms with Crippen LogP contribution in [0.25, 0.3) is 11.3 Å². The fourth-order valence-electron chi connectivity index (χ4n) is 6.75. The zero-order chi connectivity index (χ0) is 28.8. The molecule has 0 unspecified atom stereocenters. The number of benzene rings is 2. The highest BCUT2D eigenvalue weighted by Crippen LogP contribution is 2.39. The number of anilines is 3. The maximum absolute atomic E-state index is 13.5. The van der Waals surface area contributed by atoms with Crippen LogP contribution in [0.15, 0.2) is 60.9 Å². The number of amides is 1. The van der Waals surface area contributed by atoms with Crippen LogP contribution in [0.5, 0.6) is 0 Å². The molecular formula is C34H39N7O. The van der Waals surface area contributed by atoms with Crippen LogP contribution in [0.2, 0.25) is 0 Å². The Labute approximate surface area is 247 Å². The average molecular weight is 562 g/mol. The molecule has 1 amide bonds. The Morgan fingerprint density at radius 2 is 1.74 bits per heavy atom. The second-order valence-corrected chi connectivity index (χ2v) is 12.7. The molecule has 2 aromatic carbocycles. The summed E-state index contributed by atoms with van der Waals surface area (Å²) in [6.45, 7) is 13.1. The minimum atomic E-state index is 0.143. The molecule has 1 saturated heterocycles. The highest BCUT2D eigenvalue weighted by molar-refractivity contribution is 5.94. The maximum atomic E-state index is 13.5. The van der Waals surface area contributed by atoms with Crippen molar-refractivity contribution in [3.8, 4) is 11.3 Å². The Hall–Kier alpha value is -4.17. The van der Waals surface area contributed by atoms with Crippen molar-refractivity contribution in [2.24, 2.45) is 5.41 Å². The van der Waals surface area contributed by atoms with Gasteiger partial charge in [-0.05, 0) is 78.3 Å². The van der Waals surface area contributed by atoms with Crippen LogP contribution in [0.1, 0.15) is 46.7 Å². The van der Waals surface area contributed by atoms with E-state index in [1.807, 2.05) is 11.0 Å². The number of nitrogens with zero attached hydrogens (tertiary/aromatic N) is 5. The van der Waals surface area contributed by atoms with Crippen LogP contribution < -0.4 is 15.5 Å². The number of aryl methyl sites for hydroxylation is 1. The van der Waals surface area contributed by atoms with E-state index in [0.29, 0.717) is 12.0 Å². The molecule has 3 aliphatic rings. The maximum Gasteiger partial charge on any atom is 0.270 e. The Morgan fingerprint density at radius 1 is 0.929 bits per heavy atom. The van der Waals surface area contributed by atoms with Gasteiger partial charge in [0.2, 0.25) is 0 Å². The van der Waals surface area contributed by atoms with Gasteiger partial charge in [-0.25, -0.2) is 9.97 Å². The Morgan fingerprint density at radius 3 is 2.52 bits per heavy atom. The first-order valence-corrected chi connectivity index (χ1v) is 15.1. The number of hydrogen-bond donors (Lipinski definition) is 2. The number of nitrogens with one attached hydrogen (secondary N) is 2. The number of carbonyl (C=O) groups is 1. The molecule has 0 bridgehead atoms.